The third kappa shape index (κ3) is 9.49. The molecule has 10 heteroatoms. The van der Waals surface area contributed by atoms with E-state index in [0.717, 1.165) is 28.5 Å². The van der Waals surface area contributed by atoms with E-state index in [-0.39, 0.29) is 9.93 Å². The van der Waals surface area contributed by atoms with Crippen LogP contribution in [-0.2, 0) is 21.5 Å². The number of hydrogen-bond acceptors (Lipinski definition) is 5. The Hall–Kier alpha value is -4.92. The molecule has 55 heavy (non-hydrogen) atoms. The Morgan fingerprint density at radius 2 is 1.29 bits per heavy atom. The summed E-state index contributed by atoms with van der Waals surface area (Å²) in [6.07, 6.45) is 11.8. The Morgan fingerprint density at radius 3 is 1.78 bits per heavy atom. The molecule has 0 unspecified atom stereocenters. The van der Waals surface area contributed by atoms with Crippen LogP contribution in [0, 0.1) is 0 Å². The van der Waals surface area contributed by atoms with Crippen molar-refractivity contribution in [2.75, 3.05) is 6.61 Å². The predicted molar refractivity (Wildman–Crippen MR) is 233 cm³/mol. The number of aryl methyl sites for hydroxylation is 1. The SMILES string of the molecule is Cn1cc(-c2cn(S(=O)(=O)c3ccccc3)c3ncc(/C=C/CCO[Si](C)(C)C(C)(C)C)cc23)cn1.c1ccc(P(c2ccccc2)c2ccccc2)cc1. The van der Waals surface area contributed by atoms with E-state index in [1.165, 1.54) is 19.9 Å². The molecule has 0 bridgehead atoms. The predicted octanol–water partition coefficient (Wildman–Crippen LogP) is 9.54. The van der Waals surface area contributed by atoms with Crippen LogP contribution in [0.15, 0.2) is 163 Å². The Labute approximate surface area is 328 Å². The number of hydrogen-bond donors (Lipinski definition) is 0. The highest BCUT2D eigenvalue weighted by atomic mass is 32.2. The van der Waals surface area contributed by atoms with Crippen LogP contribution in [0.1, 0.15) is 32.8 Å². The first-order valence-electron chi connectivity index (χ1n) is 18.4. The van der Waals surface area contributed by atoms with Crippen molar-refractivity contribution in [3.05, 3.63) is 164 Å². The molecule has 0 aliphatic rings. The van der Waals surface area contributed by atoms with Crippen molar-refractivity contribution >= 4 is 59.3 Å². The largest absolute Gasteiger partial charge is 0.417 e. The van der Waals surface area contributed by atoms with Gasteiger partial charge < -0.3 is 4.43 Å². The smallest absolute Gasteiger partial charge is 0.269 e. The number of rotatable bonds is 11. The van der Waals surface area contributed by atoms with Crippen LogP contribution in [0.2, 0.25) is 18.1 Å². The maximum absolute atomic E-state index is 13.5. The average molecular weight is 785 g/mol. The van der Waals surface area contributed by atoms with Crippen LogP contribution < -0.4 is 15.9 Å². The van der Waals surface area contributed by atoms with Crippen LogP contribution in [0.25, 0.3) is 28.2 Å². The minimum Gasteiger partial charge on any atom is -0.417 e. The highest BCUT2D eigenvalue weighted by Crippen LogP contribution is 2.37. The van der Waals surface area contributed by atoms with Gasteiger partial charge in [-0.25, -0.2) is 17.4 Å². The lowest BCUT2D eigenvalue weighted by molar-refractivity contribution is 0.294. The summed E-state index contributed by atoms with van der Waals surface area (Å²) < 4.78 is 36.1. The summed E-state index contributed by atoms with van der Waals surface area (Å²) in [6.45, 7) is 11.9. The molecule has 0 saturated heterocycles. The standard InChI is InChI=1S/C27H34N4O3SSi.C18H15P/c1-27(2,3)36(5,6)34-15-11-10-12-21-16-24-25(22-18-29-30(4)19-22)20-31(26(24)28-17-21)35(32,33)23-13-8-7-9-14-23;1-4-10-16(11-5-1)19(17-12-6-2-7-13-17)18-14-8-3-9-15-18/h7-10,12-14,16-20H,11,15H2,1-6H3;1-15H/b12-10+;. The number of nitrogens with zero attached hydrogens (tertiary/aromatic N) is 4. The van der Waals surface area contributed by atoms with Crippen molar-refractivity contribution in [1.29, 1.82) is 0 Å². The quantitative estimate of drug-likeness (QED) is 0.0742. The fraction of sp³-hybridized carbons (Fsp3) is 0.200. The van der Waals surface area contributed by atoms with Gasteiger partial charge >= 0.3 is 0 Å². The fourth-order valence-corrected chi connectivity index (χ4v) is 10.6. The zero-order valence-electron chi connectivity index (χ0n) is 32.4. The van der Waals surface area contributed by atoms with E-state index in [2.05, 4.69) is 141 Å². The number of benzene rings is 4. The maximum atomic E-state index is 13.5. The molecule has 0 fully saturated rings. The normalized spacial score (nSPS) is 12.3. The minimum absolute atomic E-state index is 0.182. The van der Waals surface area contributed by atoms with Crippen LogP contribution in [0.5, 0.6) is 0 Å². The summed E-state index contributed by atoms with van der Waals surface area (Å²) in [4.78, 5) is 4.79. The van der Waals surface area contributed by atoms with E-state index < -0.39 is 26.3 Å². The fourth-order valence-electron chi connectivity index (χ4n) is 5.86. The lowest BCUT2D eigenvalue weighted by Gasteiger charge is -2.36. The molecule has 0 spiro atoms. The molecule has 7 nitrogen and oxygen atoms in total. The summed E-state index contributed by atoms with van der Waals surface area (Å²) in [7, 11) is -4.19. The van der Waals surface area contributed by atoms with Gasteiger partial charge in [-0.1, -0.05) is 142 Å². The second kappa shape index (κ2) is 17.3. The lowest BCUT2D eigenvalue weighted by atomic mass is 10.1. The van der Waals surface area contributed by atoms with Crippen molar-refractivity contribution in [2.45, 2.75) is 50.2 Å². The van der Waals surface area contributed by atoms with Gasteiger partial charge in [-0.05, 0) is 72.2 Å². The van der Waals surface area contributed by atoms with Crippen LogP contribution >= 0.6 is 7.92 Å². The third-order valence-electron chi connectivity index (χ3n) is 9.86. The molecule has 0 saturated carbocycles. The van der Waals surface area contributed by atoms with Crippen LogP contribution in [-0.4, -0.2) is 42.1 Å². The van der Waals surface area contributed by atoms with Crippen molar-refractivity contribution in [3.63, 3.8) is 0 Å². The van der Waals surface area contributed by atoms with Gasteiger partial charge in [0.05, 0.1) is 11.1 Å². The third-order valence-corrected chi connectivity index (χ3v) is 18.5. The summed E-state index contributed by atoms with van der Waals surface area (Å²) in [5.74, 6) is 0. The minimum atomic E-state index is -3.81. The van der Waals surface area contributed by atoms with Gasteiger partial charge in [0.15, 0.2) is 14.0 Å². The van der Waals surface area contributed by atoms with E-state index in [1.807, 2.05) is 25.4 Å². The first-order chi connectivity index (χ1) is 26.3. The summed E-state index contributed by atoms with van der Waals surface area (Å²) in [6, 6.07) is 42.7. The molecule has 0 atom stereocenters. The van der Waals surface area contributed by atoms with Crippen molar-refractivity contribution in [2.24, 2.45) is 7.05 Å². The van der Waals surface area contributed by atoms with E-state index in [0.29, 0.717) is 12.3 Å². The van der Waals surface area contributed by atoms with Crippen molar-refractivity contribution < 1.29 is 12.8 Å². The van der Waals surface area contributed by atoms with Gasteiger partial charge in [-0.3, -0.25) is 4.68 Å². The molecule has 4 aromatic carbocycles. The zero-order chi connectivity index (χ0) is 39.1. The summed E-state index contributed by atoms with van der Waals surface area (Å²) in [5.41, 5.74) is 2.88. The molecule has 0 amide bonds. The Morgan fingerprint density at radius 1 is 0.764 bits per heavy atom. The number of fused-ring (bicyclic) bond motifs is 1. The van der Waals surface area contributed by atoms with Crippen LogP contribution in [0.4, 0.5) is 0 Å². The molecule has 3 heterocycles. The molecule has 0 aliphatic carbocycles. The first kappa shape index (κ1) is 39.8. The van der Waals surface area contributed by atoms with Gasteiger partial charge in [-0.15, -0.1) is 0 Å². The Balaban J connectivity index is 0.000000226. The van der Waals surface area contributed by atoms with E-state index in [1.54, 1.807) is 53.6 Å². The lowest BCUT2D eigenvalue weighted by Crippen LogP contribution is -2.40. The van der Waals surface area contributed by atoms with E-state index in [4.69, 9.17) is 4.43 Å². The summed E-state index contributed by atoms with van der Waals surface area (Å²) in [5, 5.41) is 9.40. The van der Waals surface area contributed by atoms with Gasteiger partial charge in [0, 0.05) is 48.8 Å². The molecular formula is C45H49N4O3PSSi. The molecule has 3 aromatic heterocycles. The molecular weight excluding hydrogens is 736 g/mol. The summed E-state index contributed by atoms with van der Waals surface area (Å²) >= 11 is 0. The topological polar surface area (TPSA) is 79.0 Å². The molecule has 7 aromatic rings. The first-order valence-corrected chi connectivity index (χ1v) is 24.1. The zero-order valence-corrected chi connectivity index (χ0v) is 35.1. The molecule has 282 valence electrons. The van der Waals surface area contributed by atoms with Crippen molar-refractivity contribution in [1.82, 2.24) is 18.7 Å². The van der Waals surface area contributed by atoms with Gasteiger partial charge in [0.25, 0.3) is 10.0 Å². The Kier molecular flexibility index (Phi) is 12.5. The molecule has 0 N–H and O–H groups in total. The second-order valence-electron chi connectivity index (χ2n) is 14.8. The molecule has 0 aliphatic heterocycles. The van der Waals surface area contributed by atoms with Crippen molar-refractivity contribution in [3.8, 4) is 11.1 Å². The monoisotopic (exact) mass is 784 g/mol. The maximum Gasteiger partial charge on any atom is 0.269 e. The van der Waals surface area contributed by atoms with Gasteiger partial charge in [0.1, 0.15) is 0 Å². The Bertz CT molecular complexity index is 2350. The van der Waals surface area contributed by atoms with Crippen LogP contribution in [0.3, 0.4) is 0 Å². The number of pyridine rings is 1. The molecule has 7 rings (SSSR count). The average Bonchev–Trinajstić information content (AvgIpc) is 3.80. The van der Waals surface area contributed by atoms with E-state index >= 15 is 0 Å². The van der Waals surface area contributed by atoms with Gasteiger partial charge in [-0.2, -0.15) is 5.10 Å². The highest BCUT2D eigenvalue weighted by Gasteiger charge is 2.36. The van der Waals surface area contributed by atoms with E-state index in [9.17, 15) is 8.42 Å². The number of aromatic nitrogens is 4. The second-order valence-corrected chi connectivity index (χ2v) is 23.7. The molecule has 0 radical (unpaired) electrons. The highest BCUT2D eigenvalue weighted by molar-refractivity contribution is 7.90. The van der Waals surface area contributed by atoms with Gasteiger partial charge in [0.2, 0.25) is 0 Å².